The van der Waals surface area contributed by atoms with E-state index in [4.69, 9.17) is 13.7 Å². The predicted octanol–water partition coefficient (Wildman–Crippen LogP) is 4.05. The third-order valence-corrected chi connectivity index (χ3v) is 8.20. The van der Waals surface area contributed by atoms with Crippen LogP contribution in [0.15, 0.2) is 59.5 Å². The van der Waals surface area contributed by atoms with Crippen LogP contribution in [-0.2, 0) is 35.9 Å². The fourth-order valence-corrected chi connectivity index (χ4v) is 6.27. The zero-order valence-electron chi connectivity index (χ0n) is 18.4. The Balaban J connectivity index is 1.39. The van der Waals surface area contributed by atoms with E-state index in [0.717, 1.165) is 49.3 Å². The van der Waals surface area contributed by atoms with Gasteiger partial charge in [0, 0.05) is 31.1 Å². The molecule has 3 heterocycles. The van der Waals surface area contributed by atoms with E-state index in [1.54, 1.807) is 18.2 Å². The standard InChI is InChI=1S/C26H25NO5S/c1-30-24-8-7-17-14-23-21-13-19-10-12-31-25(19)15-18(21)9-11-27(23)16-22(17)26(24)32-33(28,29)20-5-3-2-4-6-20/h2-8,13,15,23H,9-12,14,16H2,1H3. The average Bonchev–Trinajstić information content (AvgIpc) is 3.30. The Kier molecular flexibility index (Phi) is 4.85. The summed E-state index contributed by atoms with van der Waals surface area (Å²) in [4.78, 5) is 2.55. The zero-order chi connectivity index (χ0) is 22.6. The lowest BCUT2D eigenvalue weighted by Gasteiger charge is -2.42. The van der Waals surface area contributed by atoms with Crippen molar-refractivity contribution in [3.05, 3.63) is 82.4 Å². The van der Waals surface area contributed by atoms with Gasteiger partial charge in [0.25, 0.3) is 0 Å². The number of hydrogen-bond donors (Lipinski definition) is 0. The minimum Gasteiger partial charge on any atom is -0.493 e. The highest BCUT2D eigenvalue weighted by molar-refractivity contribution is 7.87. The maximum absolute atomic E-state index is 13.0. The molecule has 0 aromatic heterocycles. The molecule has 0 fully saturated rings. The molecule has 33 heavy (non-hydrogen) atoms. The third-order valence-electron chi connectivity index (χ3n) is 6.96. The van der Waals surface area contributed by atoms with Crippen molar-refractivity contribution in [1.82, 2.24) is 4.90 Å². The van der Waals surface area contributed by atoms with Crippen LogP contribution in [-0.4, -0.2) is 33.6 Å². The van der Waals surface area contributed by atoms with Gasteiger partial charge in [-0.2, -0.15) is 8.42 Å². The quantitative estimate of drug-likeness (QED) is 0.544. The molecule has 6 rings (SSSR count). The van der Waals surface area contributed by atoms with Crippen LogP contribution in [0, 0.1) is 0 Å². The molecule has 1 atom stereocenters. The first-order valence-corrected chi connectivity index (χ1v) is 12.6. The first-order valence-electron chi connectivity index (χ1n) is 11.2. The normalized spacial score (nSPS) is 19.0. The van der Waals surface area contributed by atoms with E-state index in [1.807, 2.05) is 12.1 Å². The van der Waals surface area contributed by atoms with Gasteiger partial charge in [-0.1, -0.05) is 30.3 Å². The van der Waals surface area contributed by atoms with Gasteiger partial charge in [-0.15, -0.1) is 0 Å². The Hall–Kier alpha value is -3.03. The van der Waals surface area contributed by atoms with E-state index in [9.17, 15) is 8.42 Å². The summed E-state index contributed by atoms with van der Waals surface area (Å²) < 4.78 is 43.0. The number of ether oxygens (including phenoxy) is 2. The molecule has 7 heteroatoms. The first-order chi connectivity index (χ1) is 16.0. The Morgan fingerprint density at radius 3 is 2.67 bits per heavy atom. The van der Waals surface area contributed by atoms with Crippen molar-refractivity contribution in [2.75, 3.05) is 20.3 Å². The van der Waals surface area contributed by atoms with Crippen LogP contribution in [0.3, 0.4) is 0 Å². The molecule has 1 unspecified atom stereocenters. The van der Waals surface area contributed by atoms with Crippen LogP contribution in [0.1, 0.15) is 33.9 Å². The molecular formula is C26H25NO5S. The minimum atomic E-state index is -3.98. The predicted molar refractivity (Wildman–Crippen MR) is 123 cm³/mol. The molecule has 0 bridgehead atoms. The van der Waals surface area contributed by atoms with E-state index in [1.165, 1.54) is 35.9 Å². The smallest absolute Gasteiger partial charge is 0.339 e. The average molecular weight is 464 g/mol. The molecule has 3 aliphatic heterocycles. The van der Waals surface area contributed by atoms with Gasteiger partial charge in [0.2, 0.25) is 0 Å². The van der Waals surface area contributed by atoms with Crippen LogP contribution in [0.25, 0.3) is 0 Å². The highest BCUT2D eigenvalue weighted by Gasteiger charge is 2.36. The van der Waals surface area contributed by atoms with E-state index in [2.05, 4.69) is 17.0 Å². The molecule has 0 N–H and O–H groups in total. The lowest BCUT2D eigenvalue weighted by Crippen LogP contribution is -2.39. The molecule has 0 aliphatic carbocycles. The van der Waals surface area contributed by atoms with E-state index >= 15 is 0 Å². The van der Waals surface area contributed by atoms with Crippen molar-refractivity contribution in [3.63, 3.8) is 0 Å². The summed E-state index contributed by atoms with van der Waals surface area (Å²) in [5.74, 6) is 1.76. The van der Waals surface area contributed by atoms with E-state index < -0.39 is 10.1 Å². The van der Waals surface area contributed by atoms with Gasteiger partial charge in [-0.05, 0) is 59.4 Å². The Labute approximate surface area is 193 Å². The molecule has 0 amide bonds. The molecule has 6 nitrogen and oxygen atoms in total. The molecule has 0 spiro atoms. The molecule has 3 aliphatic rings. The summed E-state index contributed by atoms with van der Waals surface area (Å²) in [6.07, 6.45) is 2.70. The summed E-state index contributed by atoms with van der Waals surface area (Å²) in [6, 6.07) is 16.9. The first kappa shape index (κ1) is 20.6. The summed E-state index contributed by atoms with van der Waals surface area (Å²) in [7, 11) is -2.44. The monoisotopic (exact) mass is 463 g/mol. The van der Waals surface area contributed by atoms with Gasteiger partial charge in [-0.25, -0.2) is 0 Å². The van der Waals surface area contributed by atoms with Gasteiger partial charge in [0.1, 0.15) is 10.6 Å². The van der Waals surface area contributed by atoms with Gasteiger partial charge >= 0.3 is 10.1 Å². The number of nitrogens with zero attached hydrogens (tertiary/aromatic N) is 1. The minimum absolute atomic E-state index is 0.126. The fraction of sp³-hybridized carbons (Fsp3) is 0.308. The molecule has 3 aromatic carbocycles. The third kappa shape index (κ3) is 3.47. The Morgan fingerprint density at radius 2 is 1.85 bits per heavy atom. The second-order valence-corrected chi connectivity index (χ2v) is 10.3. The van der Waals surface area contributed by atoms with Crippen molar-refractivity contribution in [2.24, 2.45) is 0 Å². The second-order valence-electron chi connectivity index (χ2n) is 8.78. The fourth-order valence-electron chi connectivity index (χ4n) is 5.28. The number of fused-ring (bicyclic) bond motifs is 5. The molecule has 0 radical (unpaired) electrons. The highest BCUT2D eigenvalue weighted by Crippen LogP contribution is 2.46. The SMILES string of the molecule is COc1ccc2c(c1OS(=O)(=O)c1ccccc1)CN1CCc3cc4c(cc3C1C2)CCO4. The largest absolute Gasteiger partial charge is 0.493 e. The number of rotatable bonds is 4. The lowest BCUT2D eigenvalue weighted by atomic mass is 9.83. The molecule has 0 saturated heterocycles. The van der Waals surface area contributed by atoms with E-state index in [-0.39, 0.29) is 10.9 Å². The second kappa shape index (κ2) is 7.78. The Bertz CT molecular complexity index is 1340. The molecule has 0 saturated carbocycles. The van der Waals surface area contributed by atoms with Crippen molar-refractivity contribution >= 4 is 10.1 Å². The van der Waals surface area contributed by atoms with Crippen molar-refractivity contribution in [2.45, 2.75) is 36.7 Å². The summed E-state index contributed by atoms with van der Waals surface area (Å²) in [6.45, 7) is 2.27. The maximum atomic E-state index is 13.0. The molecule has 3 aromatic rings. The lowest BCUT2D eigenvalue weighted by molar-refractivity contribution is 0.159. The zero-order valence-corrected chi connectivity index (χ0v) is 19.2. The highest BCUT2D eigenvalue weighted by atomic mass is 32.2. The summed E-state index contributed by atoms with van der Waals surface area (Å²) in [5, 5.41) is 0. The van der Waals surface area contributed by atoms with Crippen molar-refractivity contribution in [3.8, 4) is 17.2 Å². The molecular weight excluding hydrogens is 438 g/mol. The number of benzene rings is 3. The number of hydrogen-bond acceptors (Lipinski definition) is 6. The van der Waals surface area contributed by atoms with Crippen LogP contribution < -0.4 is 13.7 Å². The van der Waals surface area contributed by atoms with Crippen molar-refractivity contribution < 1.29 is 22.1 Å². The van der Waals surface area contributed by atoms with Crippen LogP contribution in [0.4, 0.5) is 0 Å². The van der Waals surface area contributed by atoms with Crippen molar-refractivity contribution in [1.29, 1.82) is 0 Å². The van der Waals surface area contributed by atoms with Crippen LogP contribution in [0.5, 0.6) is 17.2 Å². The van der Waals surface area contributed by atoms with Crippen LogP contribution >= 0.6 is 0 Å². The Morgan fingerprint density at radius 1 is 1.00 bits per heavy atom. The van der Waals surface area contributed by atoms with Gasteiger partial charge in [0.15, 0.2) is 11.5 Å². The van der Waals surface area contributed by atoms with Gasteiger partial charge in [0.05, 0.1) is 13.7 Å². The summed E-state index contributed by atoms with van der Waals surface area (Å²) >= 11 is 0. The van der Waals surface area contributed by atoms with E-state index in [0.29, 0.717) is 18.0 Å². The maximum Gasteiger partial charge on any atom is 0.339 e. The molecule has 170 valence electrons. The summed E-state index contributed by atoms with van der Waals surface area (Å²) in [5.41, 5.74) is 6.00. The van der Waals surface area contributed by atoms with Gasteiger partial charge < -0.3 is 13.7 Å². The number of methoxy groups -OCH3 is 1. The van der Waals surface area contributed by atoms with Gasteiger partial charge in [-0.3, -0.25) is 4.90 Å². The topological polar surface area (TPSA) is 65.1 Å². The van der Waals surface area contributed by atoms with Crippen LogP contribution in [0.2, 0.25) is 0 Å².